The van der Waals surface area contributed by atoms with Crippen LogP contribution >= 0.6 is 22.9 Å². The van der Waals surface area contributed by atoms with E-state index in [1.165, 1.54) is 22.2 Å². The molecule has 2 aromatic heterocycles. The highest BCUT2D eigenvalue weighted by molar-refractivity contribution is 7.91. The van der Waals surface area contributed by atoms with E-state index in [9.17, 15) is 13.2 Å². The van der Waals surface area contributed by atoms with Gasteiger partial charge in [0, 0.05) is 20.1 Å². The van der Waals surface area contributed by atoms with Crippen molar-refractivity contribution in [1.29, 1.82) is 0 Å². The first-order valence-electron chi connectivity index (χ1n) is 7.02. The van der Waals surface area contributed by atoms with Crippen LogP contribution in [0.3, 0.4) is 0 Å². The highest BCUT2D eigenvalue weighted by Gasteiger charge is 2.35. The molecule has 0 saturated carbocycles. The Hall–Kier alpha value is -1.45. The Bertz CT molecular complexity index is 822. The van der Waals surface area contributed by atoms with Crippen LogP contribution in [0.15, 0.2) is 23.6 Å². The second-order valence-corrected chi connectivity index (χ2v) is 9.20. The Kier molecular flexibility index (Phi) is 4.43. The van der Waals surface area contributed by atoms with E-state index >= 15 is 0 Å². The summed E-state index contributed by atoms with van der Waals surface area (Å²) in [4.78, 5) is 14.6. The van der Waals surface area contributed by atoms with Crippen LogP contribution in [0.5, 0.6) is 0 Å². The van der Waals surface area contributed by atoms with Gasteiger partial charge >= 0.3 is 0 Å². The van der Waals surface area contributed by atoms with E-state index in [1.54, 1.807) is 24.1 Å². The number of likely N-dealkylation sites (tertiary alicyclic amines) is 1. The molecule has 0 N–H and O–H groups in total. The zero-order valence-electron chi connectivity index (χ0n) is 12.3. The molecule has 3 rings (SSSR count). The fraction of sp³-hybridized carbons (Fsp3) is 0.462. The molecule has 0 aliphatic carbocycles. The number of aromatic nitrogens is 3. The lowest BCUT2D eigenvalue weighted by molar-refractivity contribution is 0.0730. The Labute approximate surface area is 142 Å². The maximum atomic E-state index is 12.6. The van der Waals surface area contributed by atoms with Gasteiger partial charge in [-0.15, -0.1) is 21.5 Å². The molecule has 10 heteroatoms. The topological polar surface area (TPSA) is 85.2 Å². The maximum absolute atomic E-state index is 12.6. The lowest BCUT2D eigenvalue weighted by Gasteiger charge is -2.31. The molecule has 2 aromatic rings. The molecule has 1 saturated heterocycles. The zero-order valence-corrected chi connectivity index (χ0v) is 14.7. The molecule has 0 unspecified atom stereocenters. The fourth-order valence-electron chi connectivity index (χ4n) is 2.63. The summed E-state index contributed by atoms with van der Waals surface area (Å²) < 4.78 is 27.1. The second kappa shape index (κ2) is 6.21. The third kappa shape index (κ3) is 3.13. The summed E-state index contributed by atoms with van der Waals surface area (Å²) in [6, 6.07) is 3.38. The third-order valence-corrected chi connectivity index (χ3v) is 7.32. The molecule has 1 aliphatic rings. The summed E-state index contributed by atoms with van der Waals surface area (Å²) in [5.74, 6) is -0.101. The second-order valence-electron chi connectivity index (χ2n) is 5.36. The van der Waals surface area contributed by atoms with Gasteiger partial charge in [-0.25, -0.2) is 8.42 Å². The van der Waals surface area contributed by atoms with Crippen molar-refractivity contribution in [2.45, 2.75) is 23.2 Å². The first kappa shape index (κ1) is 16.4. The van der Waals surface area contributed by atoms with Crippen LogP contribution in [0.1, 0.15) is 22.5 Å². The van der Waals surface area contributed by atoms with E-state index in [1.807, 2.05) is 0 Å². The molecular weight excluding hydrogens is 360 g/mol. The molecule has 0 atom stereocenters. The average molecular weight is 375 g/mol. The molecule has 23 heavy (non-hydrogen) atoms. The summed E-state index contributed by atoms with van der Waals surface area (Å²) >= 11 is 7.08. The summed E-state index contributed by atoms with van der Waals surface area (Å²) in [5, 5.41) is 6.76. The van der Waals surface area contributed by atoms with Crippen LogP contribution < -0.4 is 0 Å². The lowest BCUT2D eigenvalue weighted by atomic mass is 10.1. The smallest absolute Gasteiger partial charge is 0.263 e. The van der Waals surface area contributed by atoms with Crippen LogP contribution in [0.2, 0.25) is 4.34 Å². The van der Waals surface area contributed by atoms with Gasteiger partial charge in [-0.1, -0.05) is 11.6 Å². The van der Waals surface area contributed by atoms with E-state index in [0.717, 1.165) is 0 Å². The highest BCUT2D eigenvalue weighted by atomic mass is 35.5. The van der Waals surface area contributed by atoms with E-state index in [2.05, 4.69) is 10.2 Å². The normalized spacial score (nSPS) is 16.7. The third-order valence-electron chi connectivity index (χ3n) is 3.88. The predicted molar refractivity (Wildman–Crippen MR) is 86.4 cm³/mol. The van der Waals surface area contributed by atoms with E-state index in [-0.39, 0.29) is 11.1 Å². The lowest BCUT2D eigenvalue weighted by Crippen LogP contribution is -2.42. The minimum Gasteiger partial charge on any atom is -0.338 e. The number of amides is 1. The summed E-state index contributed by atoms with van der Waals surface area (Å²) in [5.41, 5.74) is 0. The number of thiophene rings is 1. The summed E-state index contributed by atoms with van der Waals surface area (Å²) in [7, 11) is -1.92. The van der Waals surface area contributed by atoms with Gasteiger partial charge < -0.3 is 9.47 Å². The first-order chi connectivity index (χ1) is 10.9. The monoisotopic (exact) mass is 374 g/mol. The van der Waals surface area contributed by atoms with Gasteiger partial charge in [-0.05, 0) is 25.0 Å². The van der Waals surface area contributed by atoms with Crippen molar-refractivity contribution in [1.82, 2.24) is 19.7 Å². The van der Waals surface area contributed by atoms with Gasteiger partial charge in [0.25, 0.3) is 5.91 Å². The van der Waals surface area contributed by atoms with Crippen molar-refractivity contribution in [2.75, 3.05) is 13.1 Å². The average Bonchev–Trinajstić information content (AvgIpc) is 3.15. The Morgan fingerprint density at radius 2 is 2.04 bits per heavy atom. The Balaban J connectivity index is 1.69. The number of hydrogen-bond donors (Lipinski definition) is 0. The number of piperidine rings is 1. The maximum Gasteiger partial charge on any atom is 0.263 e. The van der Waals surface area contributed by atoms with Gasteiger partial charge in [0.2, 0.25) is 15.0 Å². The molecule has 0 bridgehead atoms. The minimum absolute atomic E-state index is 0.0210. The van der Waals surface area contributed by atoms with Crippen molar-refractivity contribution >= 4 is 38.7 Å². The van der Waals surface area contributed by atoms with E-state index in [4.69, 9.17) is 11.6 Å². The van der Waals surface area contributed by atoms with Crippen molar-refractivity contribution < 1.29 is 13.2 Å². The number of aryl methyl sites for hydroxylation is 1. The molecule has 7 nitrogen and oxygen atoms in total. The van der Waals surface area contributed by atoms with Crippen molar-refractivity contribution in [2.24, 2.45) is 7.05 Å². The number of halogens is 1. The van der Waals surface area contributed by atoms with Gasteiger partial charge in [0.1, 0.15) is 6.33 Å². The first-order valence-corrected chi connectivity index (χ1v) is 9.76. The standard InChI is InChI=1S/C13H15ClN4O3S2/c1-17-8-15-16-13(17)23(20,21)9-4-6-18(7-5-9)12(19)10-2-3-11(14)22-10/h2-3,8-9H,4-7H2,1H3. The van der Waals surface area contributed by atoms with Crippen LogP contribution in [-0.4, -0.2) is 52.3 Å². The number of carbonyl (C=O) groups excluding carboxylic acids is 1. The number of hydrogen-bond acceptors (Lipinski definition) is 6. The van der Waals surface area contributed by atoms with Crippen LogP contribution in [0.4, 0.5) is 0 Å². The number of rotatable bonds is 3. The molecule has 0 spiro atoms. The predicted octanol–water partition coefficient (Wildman–Crippen LogP) is 1.61. The van der Waals surface area contributed by atoms with Gasteiger partial charge in [-0.2, -0.15) is 0 Å². The van der Waals surface area contributed by atoms with Gasteiger partial charge in [0.05, 0.1) is 14.5 Å². The number of nitrogens with zero attached hydrogens (tertiary/aromatic N) is 4. The Morgan fingerprint density at radius 1 is 1.35 bits per heavy atom. The summed E-state index contributed by atoms with van der Waals surface area (Å²) in [6.07, 6.45) is 2.14. The van der Waals surface area contributed by atoms with Crippen molar-refractivity contribution in [3.8, 4) is 0 Å². The van der Waals surface area contributed by atoms with Crippen LogP contribution in [0, 0.1) is 0 Å². The van der Waals surface area contributed by atoms with Crippen LogP contribution in [-0.2, 0) is 16.9 Å². The van der Waals surface area contributed by atoms with Gasteiger partial charge in [-0.3, -0.25) is 4.79 Å². The van der Waals surface area contributed by atoms with Crippen molar-refractivity contribution in [3.05, 3.63) is 27.7 Å². The molecule has 0 radical (unpaired) electrons. The minimum atomic E-state index is -3.53. The molecular formula is C13H15ClN4O3S2. The van der Waals surface area contributed by atoms with E-state index < -0.39 is 15.1 Å². The highest BCUT2D eigenvalue weighted by Crippen LogP contribution is 2.27. The molecule has 3 heterocycles. The SMILES string of the molecule is Cn1cnnc1S(=O)(=O)C1CCN(C(=O)c2ccc(Cl)s2)CC1. The van der Waals surface area contributed by atoms with Crippen molar-refractivity contribution in [3.63, 3.8) is 0 Å². The largest absolute Gasteiger partial charge is 0.338 e. The zero-order chi connectivity index (χ0) is 16.6. The fourth-order valence-corrected chi connectivity index (χ4v) is 5.38. The summed E-state index contributed by atoms with van der Waals surface area (Å²) in [6.45, 7) is 0.798. The van der Waals surface area contributed by atoms with Gasteiger partial charge in [0.15, 0.2) is 0 Å². The number of sulfone groups is 1. The molecule has 1 aliphatic heterocycles. The molecule has 1 amide bonds. The quantitative estimate of drug-likeness (QED) is 0.814. The molecule has 124 valence electrons. The van der Waals surface area contributed by atoms with E-state index in [0.29, 0.717) is 35.1 Å². The molecule has 1 fully saturated rings. The molecule has 0 aromatic carbocycles. The Morgan fingerprint density at radius 3 is 2.57 bits per heavy atom. The van der Waals surface area contributed by atoms with Crippen LogP contribution in [0.25, 0.3) is 0 Å². The number of carbonyl (C=O) groups is 1.